The fourth-order valence-corrected chi connectivity index (χ4v) is 3.06. The lowest BCUT2D eigenvalue weighted by Gasteiger charge is -2.30. The number of rotatable bonds is 2. The first-order valence-electron chi connectivity index (χ1n) is 6.53. The first-order chi connectivity index (χ1) is 7.31. The largest absolute Gasteiger partial charge is 0.326 e. The van der Waals surface area contributed by atoms with E-state index in [0.29, 0.717) is 12.1 Å². The Labute approximate surface area is 93.6 Å². The molecule has 3 nitrogen and oxygen atoms in total. The van der Waals surface area contributed by atoms with Crippen LogP contribution in [-0.4, -0.2) is 54.6 Å². The van der Waals surface area contributed by atoms with Crippen molar-refractivity contribution in [3.63, 3.8) is 0 Å². The quantitative estimate of drug-likeness (QED) is 0.736. The molecule has 88 valence electrons. The normalized spacial score (nSPS) is 35.6. The van der Waals surface area contributed by atoms with Gasteiger partial charge in [0.25, 0.3) is 0 Å². The van der Waals surface area contributed by atoms with E-state index < -0.39 is 0 Å². The van der Waals surface area contributed by atoms with Crippen LogP contribution in [0.1, 0.15) is 32.6 Å². The summed E-state index contributed by atoms with van der Waals surface area (Å²) in [5.74, 6) is 0. The first-order valence-corrected chi connectivity index (χ1v) is 6.53. The third-order valence-electron chi connectivity index (χ3n) is 4.07. The van der Waals surface area contributed by atoms with Gasteiger partial charge in [-0.3, -0.25) is 4.90 Å². The minimum absolute atomic E-state index is 0.443. The van der Waals surface area contributed by atoms with E-state index in [4.69, 9.17) is 5.73 Å². The molecule has 2 N–H and O–H groups in total. The maximum absolute atomic E-state index is 6.17. The molecule has 0 radical (unpaired) electrons. The zero-order chi connectivity index (χ0) is 10.7. The van der Waals surface area contributed by atoms with E-state index in [1.807, 2.05) is 0 Å². The lowest BCUT2D eigenvalue weighted by atomic mass is 10.1. The molecule has 2 rings (SSSR count). The molecule has 2 aliphatic rings. The standard InChI is InChI=1S/C12H25N3/c1-2-14-7-4-8-15(10-9-14)12-6-3-5-11(12)13/h11-12H,2-10,13H2,1H3. The molecule has 1 saturated carbocycles. The minimum Gasteiger partial charge on any atom is -0.326 e. The molecule has 0 aromatic heterocycles. The van der Waals surface area contributed by atoms with Crippen LogP contribution in [0.2, 0.25) is 0 Å². The van der Waals surface area contributed by atoms with Gasteiger partial charge in [-0.05, 0) is 38.9 Å². The summed E-state index contributed by atoms with van der Waals surface area (Å²) in [6.45, 7) is 8.46. The second kappa shape index (κ2) is 5.28. The highest BCUT2D eigenvalue weighted by molar-refractivity contribution is 4.89. The Kier molecular flexibility index (Phi) is 4.00. The van der Waals surface area contributed by atoms with Crippen LogP contribution in [0.25, 0.3) is 0 Å². The van der Waals surface area contributed by atoms with Crippen LogP contribution in [0.15, 0.2) is 0 Å². The van der Waals surface area contributed by atoms with Gasteiger partial charge in [-0.25, -0.2) is 0 Å². The van der Waals surface area contributed by atoms with Crippen molar-refractivity contribution in [2.45, 2.75) is 44.7 Å². The summed E-state index contributed by atoms with van der Waals surface area (Å²) in [5, 5.41) is 0. The van der Waals surface area contributed by atoms with Crippen molar-refractivity contribution in [1.82, 2.24) is 9.80 Å². The molecule has 0 bridgehead atoms. The van der Waals surface area contributed by atoms with E-state index in [2.05, 4.69) is 16.7 Å². The smallest absolute Gasteiger partial charge is 0.0247 e. The van der Waals surface area contributed by atoms with E-state index in [9.17, 15) is 0 Å². The van der Waals surface area contributed by atoms with Crippen LogP contribution >= 0.6 is 0 Å². The molecule has 0 spiro atoms. The Morgan fingerprint density at radius 1 is 1.07 bits per heavy atom. The Morgan fingerprint density at radius 3 is 2.60 bits per heavy atom. The highest BCUT2D eigenvalue weighted by atomic mass is 15.2. The van der Waals surface area contributed by atoms with Crippen molar-refractivity contribution >= 4 is 0 Å². The maximum atomic E-state index is 6.17. The molecule has 0 amide bonds. The topological polar surface area (TPSA) is 32.5 Å². The summed E-state index contributed by atoms with van der Waals surface area (Å²) in [6, 6.07) is 1.12. The van der Waals surface area contributed by atoms with Crippen LogP contribution in [0.4, 0.5) is 0 Å². The maximum Gasteiger partial charge on any atom is 0.0247 e. The molecule has 1 saturated heterocycles. The van der Waals surface area contributed by atoms with E-state index in [1.165, 1.54) is 58.4 Å². The predicted molar refractivity (Wildman–Crippen MR) is 63.9 cm³/mol. The van der Waals surface area contributed by atoms with E-state index in [-0.39, 0.29) is 0 Å². The molecular formula is C12H25N3. The van der Waals surface area contributed by atoms with Gasteiger partial charge in [-0.1, -0.05) is 13.3 Å². The third-order valence-corrected chi connectivity index (χ3v) is 4.07. The molecule has 3 heteroatoms. The molecule has 0 aromatic carbocycles. The third kappa shape index (κ3) is 2.71. The van der Waals surface area contributed by atoms with Crippen molar-refractivity contribution < 1.29 is 0 Å². The molecule has 2 unspecified atom stereocenters. The van der Waals surface area contributed by atoms with Crippen molar-refractivity contribution in [2.24, 2.45) is 5.73 Å². The van der Waals surface area contributed by atoms with E-state index in [0.717, 1.165) is 0 Å². The molecule has 1 heterocycles. The average molecular weight is 211 g/mol. The summed E-state index contributed by atoms with van der Waals surface area (Å²) in [6.07, 6.45) is 5.21. The molecule has 15 heavy (non-hydrogen) atoms. The summed E-state index contributed by atoms with van der Waals surface area (Å²) in [7, 11) is 0. The lowest BCUT2D eigenvalue weighted by Crippen LogP contribution is -2.45. The molecule has 1 aliphatic heterocycles. The van der Waals surface area contributed by atoms with Gasteiger partial charge in [0.05, 0.1) is 0 Å². The minimum atomic E-state index is 0.443. The summed E-state index contributed by atoms with van der Waals surface area (Å²) < 4.78 is 0. The van der Waals surface area contributed by atoms with Crippen LogP contribution in [0.3, 0.4) is 0 Å². The number of hydrogen-bond acceptors (Lipinski definition) is 3. The van der Waals surface area contributed by atoms with Crippen molar-refractivity contribution in [2.75, 3.05) is 32.7 Å². The Hall–Kier alpha value is -0.120. The van der Waals surface area contributed by atoms with Gasteiger partial charge in [0, 0.05) is 25.2 Å². The second-order valence-corrected chi connectivity index (χ2v) is 4.99. The van der Waals surface area contributed by atoms with Crippen LogP contribution in [-0.2, 0) is 0 Å². The number of nitrogens with two attached hydrogens (primary N) is 1. The number of hydrogen-bond donors (Lipinski definition) is 1. The molecular weight excluding hydrogens is 186 g/mol. The van der Waals surface area contributed by atoms with Gasteiger partial charge in [0.15, 0.2) is 0 Å². The summed E-state index contributed by atoms with van der Waals surface area (Å²) in [5.41, 5.74) is 6.17. The lowest BCUT2D eigenvalue weighted by molar-refractivity contribution is 0.188. The van der Waals surface area contributed by atoms with Gasteiger partial charge < -0.3 is 10.6 Å². The van der Waals surface area contributed by atoms with Gasteiger partial charge in [-0.15, -0.1) is 0 Å². The summed E-state index contributed by atoms with van der Waals surface area (Å²) in [4.78, 5) is 5.20. The second-order valence-electron chi connectivity index (χ2n) is 4.99. The van der Waals surface area contributed by atoms with Crippen LogP contribution in [0.5, 0.6) is 0 Å². The fraction of sp³-hybridized carbons (Fsp3) is 1.00. The van der Waals surface area contributed by atoms with Crippen molar-refractivity contribution in [3.8, 4) is 0 Å². The zero-order valence-electron chi connectivity index (χ0n) is 9.99. The summed E-state index contributed by atoms with van der Waals surface area (Å²) >= 11 is 0. The molecule has 2 fully saturated rings. The van der Waals surface area contributed by atoms with Gasteiger partial charge >= 0.3 is 0 Å². The van der Waals surface area contributed by atoms with E-state index >= 15 is 0 Å². The van der Waals surface area contributed by atoms with Gasteiger partial charge in [0.2, 0.25) is 0 Å². The SMILES string of the molecule is CCN1CCCN(C2CCCC2N)CC1. The zero-order valence-corrected chi connectivity index (χ0v) is 9.99. The molecule has 2 atom stereocenters. The van der Waals surface area contributed by atoms with Gasteiger partial charge in [-0.2, -0.15) is 0 Å². The average Bonchev–Trinajstić information content (AvgIpc) is 2.54. The van der Waals surface area contributed by atoms with E-state index in [1.54, 1.807) is 0 Å². The molecule has 0 aromatic rings. The predicted octanol–water partition coefficient (Wildman–Crippen LogP) is 0.894. The fourth-order valence-electron chi connectivity index (χ4n) is 3.06. The van der Waals surface area contributed by atoms with Crippen molar-refractivity contribution in [3.05, 3.63) is 0 Å². The Bertz CT molecular complexity index is 195. The van der Waals surface area contributed by atoms with Crippen LogP contribution < -0.4 is 5.73 Å². The highest BCUT2D eigenvalue weighted by Crippen LogP contribution is 2.23. The van der Waals surface area contributed by atoms with Crippen molar-refractivity contribution in [1.29, 1.82) is 0 Å². The monoisotopic (exact) mass is 211 g/mol. The Balaban J connectivity index is 1.87. The van der Waals surface area contributed by atoms with Crippen LogP contribution in [0, 0.1) is 0 Å². The number of likely N-dealkylation sites (N-methyl/N-ethyl adjacent to an activating group) is 1. The number of nitrogens with zero attached hydrogens (tertiary/aromatic N) is 2. The molecule has 1 aliphatic carbocycles. The Morgan fingerprint density at radius 2 is 1.93 bits per heavy atom. The first kappa shape index (κ1) is 11.4. The highest BCUT2D eigenvalue weighted by Gasteiger charge is 2.30. The van der Waals surface area contributed by atoms with Gasteiger partial charge in [0.1, 0.15) is 0 Å².